The van der Waals surface area contributed by atoms with Gasteiger partial charge in [0.05, 0.1) is 12.1 Å². The molecule has 2 aromatic rings. The van der Waals surface area contributed by atoms with Gasteiger partial charge in [0, 0.05) is 11.1 Å². The summed E-state index contributed by atoms with van der Waals surface area (Å²) in [5, 5.41) is 11.4. The van der Waals surface area contributed by atoms with Gasteiger partial charge in [-0.2, -0.15) is 0 Å². The summed E-state index contributed by atoms with van der Waals surface area (Å²) in [4.78, 5) is 0. The highest BCUT2D eigenvalue weighted by molar-refractivity contribution is 6.30. The molecule has 1 aromatic heterocycles. The lowest BCUT2D eigenvalue weighted by atomic mass is 10.2. The van der Waals surface area contributed by atoms with Gasteiger partial charge in [-0.25, -0.2) is 4.39 Å². The van der Waals surface area contributed by atoms with Gasteiger partial charge in [-0.15, -0.1) is 10.2 Å². The molecule has 18 heavy (non-hydrogen) atoms. The molecule has 1 N–H and O–H groups in total. The Morgan fingerprint density at radius 2 is 2.22 bits per heavy atom. The molecule has 6 heteroatoms. The topological polar surface area (TPSA) is 51.0 Å². The van der Waals surface area contributed by atoms with Crippen LogP contribution in [-0.2, 0) is 6.54 Å². The Bertz CT molecular complexity index is 568. The van der Waals surface area contributed by atoms with E-state index in [9.17, 15) is 4.39 Å². The molecule has 94 valence electrons. The fraction of sp³-hybridized carbons (Fsp3) is 0.333. The second-order valence-electron chi connectivity index (χ2n) is 4.28. The second-order valence-corrected chi connectivity index (χ2v) is 4.72. The zero-order chi connectivity index (χ0) is 12.5. The predicted molar refractivity (Wildman–Crippen MR) is 64.6 cm³/mol. The lowest BCUT2D eigenvalue weighted by molar-refractivity contribution is 0.474. The largest absolute Gasteiger partial charge is 0.419 e. The molecule has 0 unspecified atom stereocenters. The van der Waals surface area contributed by atoms with Crippen LogP contribution in [0.4, 0.5) is 4.39 Å². The van der Waals surface area contributed by atoms with Gasteiger partial charge in [-0.1, -0.05) is 11.6 Å². The third-order valence-electron chi connectivity index (χ3n) is 2.74. The maximum absolute atomic E-state index is 13.6. The lowest BCUT2D eigenvalue weighted by Gasteiger charge is -1.98. The van der Waals surface area contributed by atoms with Gasteiger partial charge in [0.1, 0.15) is 5.82 Å². The Morgan fingerprint density at radius 1 is 1.39 bits per heavy atom. The average molecular weight is 268 g/mol. The van der Waals surface area contributed by atoms with E-state index in [2.05, 4.69) is 15.5 Å². The van der Waals surface area contributed by atoms with Crippen molar-refractivity contribution in [3.05, 3.63) is 34.9 Å². The molecule has 0 amide bonds. The predicted octanol–water partition coefficient (Wildman–Crippen LogP) is 2.78. The summed E-state index contributed by atoms with van der Waals surface area (Å²) in [5.74, 6) is 0.184. The molecule has 0 spiro atoms. The third-order valence-corrected chi connectivity index (χ3v) is 2.98. The SMILES string of the molecule is Fc1ccc(Cl)cc1-c1nnc(CNC2CC2)o1. The van der Waals surface area contributed by atoms with E-state index in [1.807, 2.05) is 0 Å². The van der Waals surface area contributed by atoms with Crippen molar-refractivity contribution in [2.45, 2.75) is 25.4 Å². The molecule has 1 aliphatic carbocycles. The van der Waals surface area contributed by atoms with Crippen molar-refractivity contribution in [3.8, 4) is 11.5 Å². The Balaban J connectivity index is 1.80. The quantitative estimate of drug-likeness (QED) is 0.925. The van der Waals surface area contributed by atoms with Crippen molar-refractivity contribution in [1.29, 1.82) is 0 Å². The maximum Gasteiger partial charge on any atom is 0.250 e. The fourth-order valence-corrected chi connectivity index (χ4v) is 1.79. The van der Waals surface area contributed by atoms with E-state index >= 15 is 0 Å². The van der Waals surface area contributed by atoms with Crippen LogP contribution in [0.5, 0.6) is 0 Å². The molecule has 1 aliphatic rings. The van der Waals surface area contributed by atoms with E-state index in [0.717, 1.165) is 0 Å². The number of hydrogen-bond acceptors (Lipinski definition) is 4. The van der Waals surface area contributed by atoms with Crippen LogP contribution >= 0.6 is 11.6 Å². The van der Waals surface area contributed by atoms with Crippen molar-refractivity contribution in [1.82, 2.24) is 15.5 Å². The van der Waals surface area contributed by atoms with Gasteiger partial charge in [-0.3, -0.25) is 0 Å². The summed E-state index contributed by atoms with van der Waals surface area (Å²) in [6.07, 6.45) is 2.37. The van der Waals surface area contributed by atoms with Crippen LogP contribution in [0.2, 0.25) is 5.02 Å². The Morgan fingerprint density at radius 3 is 3.00 bits per heavy atom. The minimum atomic E-state index is -0.426. The zero-order valence-corrected chi connectivity index (χ0v) is 10.2. The standard InChI is InChI=1S/C12H11ClFN3O/c13-7-1-4-10(14)9(5-7)12-17-16-11(18-12)6-15-8-2-3-8/h1,4-5,8,15H,2-3,6H2. The molecule has 0 bridgehead atoms. The lowest BCUT2D eigenvalue weighted by Crippen LogP contribution is -2.15. The van der Waals surface area contributed by atoms with Gasteiger partial charge < -0.3 is 9.73 Å². The van der Waals surface area contributed by atoms with E-state index in [-0.39, 0.29) is 11.5 Å². The van der Waals surface area contributed by atoms with Crippen molar-refractivity contribution in [2.75, 3.05) is 0 Å². The van der Waals surface area contributed by atoms with Crippen molar-refractivity contribution in [2.24, 2.45) is 0 Å². The average Bonchev–Trinajstić information content (AvgIpc) is 3.08. The monoisotopic (exact) mass is 267 g/mol. The Hall–Kier alpha value is -1.46. The van der Waals surface area contributed by atoms with Gasteiger partial charge in [-0.05, 0) is 31.0 Å². The van der Waals surface area contributed by atoms with E-state index in [1.165, 1.54) is 31.0 Å². The molecule has 0 aliphatic heterocycles. The van der Waals surface area contributed by atoms with Gasteiger partial charge in [0.15, 0.2) is 0 Å². The first-order chi connectivity index (χ1) is 8.72. The summed E-state index contributed by atoms with van der Waals surface area (Å²) < 4.78 is 19.0. The highest BCUT2D eigenvalue weighted by Gasteiger charge is 2.21. The van der Waals surface area contributed by atoms with E-state index in [4.69, 9.17) is 16.0 Å². The van der Waals surface area contributed by atoms with Crippen LogP contribution < -0.4 is 5.32 Å². The van der Waals surface area contributed by atoms with Crippen molar-refractivity contribution in [3.63, 3.8) is 0 Å². The Labute approximate surface area is 108 Å². The van der Waals surface area contributed by atoms with Gasteiger partial charge in [0.2, 0.25) is 5.89 Å². The number of halogens is 2. The molecular formula is C12H11ClFN3O. The normalized spacial score (nSPS) is 15.0. The van der Waals surface area contributed by atoms with Crippen LogP contribution in [0.15, 0.2) is 22.6 Å². The number of nitrogens with one attached hydrogen (secondary N) is 1. The molecule has 1 fully saturated rings. The van der Waals surface area contributed by atoms with Gasteiger partial charge in [0.25, 0.3) is 5.89 Å². The summed E-state index contributed by atoms with van der Waals surface area (Å²) in [7, 11) is 0. The summed E-state index contributed by atoms with van der Waals surface area (Å²) >= 11 is 5.82. The van der Waals surface area contributed by atoms with E-state index in [0.29, 0.717) is 23.5 Å². The number of benzene rings is 1. The molecule has 3 rings (SSSR count). The van der Waals surface area contributed by atoms with Crippen molar-refractivity contribution < 1.29 is 8.81 Å². The zero-order valence-electron chi connectivity index (χ0n) is 9.49. The van der Waals surface area contributed by atoms with E-state index in [1.54, 1.807) is 0 Å². The second kappa shape index (κ2) is 4.66. The van der Waals surface area contributed by atoms with Crippen LogP contribution in [-0.4, -0.2) is 16.2 Å². The Kier molecular flexibility index (Phi) is 3.01. The smallest absolute Gasteiger partial charge is 0.250 e. The minimum absolute atomic E-state index is 0.155. The first-order valence-corrected chi connectivity index (χ1v) is 6.11. The maximum atomic E-state index is 13.6. The van der Waals surface area contributed by atoms with Crippen LogP contribution in [0.1, 0.15) is 18.7 Å². The number of rotatable bonds is 4. The minimum Gasteiger partial charge on any atom is -0.419 e. The molecule has 0 saturated heterocycles. The third kappa shape index (κ3) is 2.52. The van der Waals surface area contributed by atoms with Crippen molar-refractivity contribution >= 4 is 11.6 Å². The molecule has 0 radical (unpaired) electrons. The van der Waals surface area contributed by atoms with Crippen LogP contribution in [0, 0.1) is 5.82 Å². The number of aromatic nitrogens is 2. The summed E-state index contributed by atoms with van der Waals surface area (Å²) in [6, 6.07) is 4.79. The molecule has 0 atom stereocenters. The molecular weight excluding hydrogens is 257 g/mol. The highest BCUT2D eigenvalue weighted by Crippen LogP contribution is 2.25. The summed E-state index contributed by atoms with van der Waals surface area (Å²) in [6.45, 7) is 0.514. The first-order valence-electron chi connectivity index (χ1n) is 5.73. The van der Waals surface area contributed by atoms with E-state index < -0.39 is 5.82 Å². The molecule has 1 aromatic carbocycles. The molecule has 1 saturated carbocycles. The summed E-state index contributed by atoms with van der Waals surface area (Å²) in [5.41, 5.74) is 0.229. The van der Waals surface area contributed by atoms with Gasteiger partial charge >= 0.3 is 0 Å². The first kappa shape index (κ1) is 11.6. The highest BCUT2D eigenvalue weighted by atomic mass is 35.5. The number of hydrogen-bond donors (Lipinski definition) is 1. The molecule has 4 nitrogen and oxygen atoms in total. The van der Waals surface area contributed by atoms with Crippen LogP contribution in [0.3, 0.4) is 0 Å². The fourth-order valence-electron chi connectivity index (χ4n) is 1.61. The molecule has 1 heterocycles. The van der Waals surface area contributed by atoms with Crippen LogP contribution in [0.25, 0.3) is 11.5 Å². The number of nitrogens with zero attached hydrogens (tertiary/aromatic N) is 2.